The van der Waals surface area contributed by atoms with E-state index in [1.807, 2.05) is 0 Å². The molecule has 0 N–H and O–H groups in total. The van der Waals surface area contributed by atoms with Crippen LogP contribution in [0.3, 0.4) is 0 Å². The van der Waals surface area contributed by atoms with Crippen LogP contribution >= 0.6 is 19.2 Å². The highest BCUT2D eigenvalue weighted by molar-refractivity contribution is 8.52. The number of rotatable bonds is 2. The molecule has 2 heteroatoms. The van der Waals surface area contributed by atoms with Crippen LogP contribution in [-0.2, 0) is 0 Å². The Kier molecular flexibility index (Phi) is 2.02. The van der Waals surface area contributed by atoms with Crippen molar-refractivity contribution in [1.29, 1.82) is 0 Å². The SMILES string of the molecule is C1CC(CC2CPS2)C1. The summed E-state index contributed by atoms with van der Waals surface area (Å²) in [4.78, 5) is 0. The molecule has 52 valence electrons. The Morgan fingerprint density at radius 2 is 2.22 bits per heavy atom. The Morgan fingerprint density at radius 1 is 1.44 bits per heavy atom. The van der Waals surface area contributed by atoms with Crippen molar-refractivity contribution >= 4 is 19.2 Å². The van der Waals surface area contributed by atoms with Crippen molar-refractivity contribution < 1.29 is 0 Å². The van der Waals surface area contributed by atoms with Crippen LogP contribution in [0.15, 0.2) is 0 Å². The molecule has 1 aliphatic heterocycles. The maximum absolute atomic E-state index is 2.21. The lowest BCUT2D eigenvalue weighted by molar-refractivity contribution is 0.297. The molecule has 0 spiro atoms. The highest BCUT2D eigenvalue weighted by Gasteiger charge is 2.25. The predicted molar refractivity (Wildman–Crippen MR) is 46.5 cm³/mol. The third kappa shape index (κ3) is 1.43. The van der Waals surface area contributed by atoms with Crippen molar-refractivity contribution in [3.63, 3.8) is 0 Å². The summed E-state index contributed by atoms with van der Waals surface area (Å²) in [6.45, 7) is 0. The van der Waals surface area contributed by atoms with Crippen LogP contribution in [-0.4, -0.2) is 11.4 Å². The Bertz CT molecular complexity index is 85.1. The fourth-order valence-corrected chi connectivity index (χ4v) is 3.87. The number of hydrogen-bond donors (Lipinski definition) is 0. The highest BCUT2D eigenvalue weighted by Crippen LogP contribution is 2.51. The molecule has 0 aromatic heterocycles. The van der Waals surface area contributed by atoms with Crippen molar-refractivity contribution in [2.45, 2.75) is 30.9 Å². The van der Waals surface area contributed by atoms with Crippen LogP contribution in [0.4, 0.5) is 0 Å². The summed E-state index contributed by atoms with van der Waals surface area (Å²) in [6.07, 6.45) is 7.70. The van der Waals surface area contributed by atoms with Crippen LogP contribution in [0.5, 0.6) is 0 Å². The highest BCUT2D eigenvalue weighted by atomic mass is 32.7. The second-order valence-electron chi connectivity index (χ2n) is 3.12. The molecule has 2 rings (SSSR count). The lowest BCUT2D eigenvalue weighted by Crippen LogP contribution is -2.21. The molecule has 2 unspecified atom stereocenters. The van der Waals surface area contributed by atoms with Gasteiger partial charge in [0, 0.05) is 5.25 Å². The molecule has 0 bridgehead atoms. The van der Waals surface area contributed by atoms with Gasteiger partial charge in [-0.2, -0.15) is 0 Å². The summed E-state index contributed by atoms with van der Waals surface area (Å²) >= 11 is 2.21. The molecule has 0 aromatic rings. The monoisotopic (exact) mass is 160 g/mol. The minimum Gasteiger partial charge on any atom is -0.134 e. The molecule has 2 aliphatic rings. The Morgan fingerprint density at radius 3 is 2.56 bits per heavy atom. The van der Waals surface area contributed by atoms with Crippen molar-refractivity contribution in [1.82, 2.24) is 0 Å². The molecule has 0 amide bonds. The fraction of sp³-hybridized carbons (Fsp3) is 1.00. The summed E-state index contributed by atoms with van der Waals surface area (Å²) in [5.74, 6) is 1.15. The van der Waals surface area contributed by atoms with Gasteiger partial charge in [-0.15, -0.1) is 11.4 Å². The third-order valence-corrected chi connectivity index (χ3v) is 6.20. The van der Waals surface area contributed by atoms with Gasteiger partial charge in [0.2, 0.25) is 0 Å². The van der Waals surface area contributed by atoms with E-state index in [1.54, 1.807) is 25.4 Å². The molecule has 1 saturated heterocycles. The van der Waals surface area contributed by atoms with E-state index in [1.165, 1.54) is 14.2 Å². The standard InChI is InChI=1S/C7H13PS/c1-2-6(3-1)4-7-5-8-9-7/h6-8H,1-5H2. The zero-order valence-corrected chi connectivity index (χ0v) is 7.41. The summed E-state index contributed by atoms with van der Waals surface area (Å²) in [5, 5.41) is 1.09. The topological polar surface area (TPSA) is 0 Å². The van der Waals surface area contributed by atoms with Gasteiger partial charge >= 0.3 is 0 Å². The Labute approximate surface area is 62.7 Å². The fourth-order valence-electron chi connectivity index (χ4n) is 1.43. The van der Waals surface area contributed by atoms with Crippen LogP contribution in [0, 0.1) is 5.92 Å². The number of hydrogen-bond acceptors (Lipinski definition) is 1. The average molecular weight is 160 g/mol. The molecule has 2 fully saturated rings. The summed E-state index contributed by atoms with van der Waals surface area (Å²) in [7, 11) is 1.24. The maximum atomic E-state index is 2.21. The van der Waals surface area contributed by atoms with Crippen molar-refractivity contribution in [2.24, 2.45) is 5.92 Å². The van der Waals surface area contributed by atoms with Gasteiger partial charge in [-0.3, -0.25) is 0 Å². The average Bonchev–Trinajstić information content (AvgIpc) is 1.57. The molecule has 9 heavy (non-hydrogen) atoms. The zero-order chi connectivity index (χ0) is 6.10. The minimum absolute atomic E-state index is 1.09. The van der Waals surface area contributed by atoms with Gasteiger partial charge in [0.05, 0.1) is 0 Å². The van der Waals surface area contributed by atoms with E-state index in [9.17, 15) is 0 Å². The lowest BCUT2D eigenvalue weighted by atomic mass is 9.82. The van der Waals surface area contributed by atoms with Crippen molar-refractivity contribution in [3.05, 3.63) is 0 Å². The Hall–Kier alpha value is 0.780. The normalized spacial score (nSPS) is 38.0. The first-order valence-electron chi connectivity index (χ1n) is 3.83. The first-order valence-corrected chi connectivity index (χ1v) is 6.65. The second kappa shape index (κ2) is 2.80. The van der Waals surface area contributed by atoms with E-state index < -0.39 is 0 Å². The van der Waals surface area contributed by atoms with E-state index in [0.717, 1.165) is 11.2 Å². The van der Waals surface area contributed by atoms with E-state index in [-0.39, 0.29) is 0 Å². The zero-order valence-electron chi connectivity index (χ0n) is 5.60. The summed E-state index contributed by atoms with van der Waals surface area (Å²) in [5.41, 5.74) is 0. The van der Waals surface area contributed by atoms with Gasteiger partial charge in [0.25, 0.3) is 0 Å². The first kappa shape index (κ1) is 6.49. The van der Waals surface area contributed by atoms with Gasteiger partial charge in [-0.05, 0) is 18.5 Å². The first-order chi connectivity index (χ1) is 4.45. The van der Waals surface area contributed by atoms with Crippen LogP contribution in [0.25, 0.3) is 0 Å². The van der Waals surface area contributed by atoms with Crippen molar-refractivity contribution in [3.8, 4) is 0 Å². The Balaban J connectivity index is 1.64. The second-order valence-corrected chi connectivity index (χ2v) is 6.29. The van der Waals surface area contributed by atoms with Gasteiger partial charge < -0.3 is 0 Å². The maximum Gasteiger partial charge on any atom is 0.0133 e. The van der Waals surface area contributed by atoms with Gasteiger partial charge in [0.15, 0.2) is 0 Å². The molecular weight excluding hydrogens is 147 g/mol. The smallest absolute Gasteiger partial charge is 0.0133 e. The molecule has 0 radical (unpaired) electrons. The third-order valence-electron chi connectivity index (χ3n) is 2.38. The largest absolute Gasteiger partial charge is 0.134 e. The summed E-state index contributed by atoms with van der Waals surface area (Å²) < 4.78 is 0. The quantitative estimate of drug-likeness (QED) is 0.560. The van der Waals surface area contributed by atoms with Crippen LogP contribution in [0.1, 0.15) is 25.7 Å². The van der Waals surface area contributed by atoms with Gasteiger partial charge in [-0.25, -0.2) is 0 Å². The molecule has 0 nitrogen and oxygen atoms in total. The van der Waals surface area contributed by atoms with Crippen molar-refractivity contribution in [2.75, 3.05) is 6.16 Å². The van der Waals surface area contributed by atoms with E-state index in [4.69, 9.17) is 0 Å². The lowest BCUT2D eigenvalue weighted by Gasteiger charge is -2.33. The summed E-state index contributed by atoms with van der Waals surface area (Å²) in [6, 6.07) is 0. The van der Waals surface area contributed by atoms with Gasteiger partial charge in [-0.1, -0.05) is 27.0 Å². The molecular formula is C7H13PS. The van der Waals surface area contributed by atoms with Crippen LogP contribution in [0.2, 0.25) is 0 Å². The van der Waals surface area contributed by atoms with E-state index >= 15 is 0 Å². The minimum atomic E-state index is 1.09. The molecule has 2 atom stereocenters. The molecule has 1 heterocycles. The van der Waals surface area contributed by atoms with E-state index in [2.05, 4.69) is 11.4 Å². The molecule has 1 aliphatic carbocycles. The predicted octanol–water partition coefficient (Wildman–Crippen LogP) is 2.89. The van der Waals surface area contributed by atoms with Gasteiger partial charge in [0.1, 0.15) is 0 Å². The molecule has 0 aromatic carbocycles. The van der Waals surface area contributed by atoms with E-state index in [0.29, 0.717) is 0 Å². The molecule has 1 saturated carbocycles. The van der Waals surface area contributed by atoms with Crippen LogP contribution < -0.4 is 0 Å².